The molecule has 0 unspecified atom stereocenters. The third kappa shape index (κ3) is 11.4. The van der Waals surface area contributed by atoms with Gasteiger partial charge in [0, 0.05) is 6.42 Å². The molecule has 0 saturated carbocycles. The maximum absolute atomic E-state index is 13.1. The van der Waals surface area contributed by atoms with Crippen LogP contribution in [0, 0.1) is 0 Å². The maximum Gasteiger partial charge on any atom is 0.408 e. The van der Waals surface area contributed by atoms with Crippen LogP contribution >= 0.6 is 11.8 Å². The summed E-state index contributed by atoms with van der Waals surface area (Å²) in [6.45, 7) is 4.75. The van der Waals surface area contributed by atoms with Crippen molar-refractivity contribution in [1.82, 2.24) is 21.4 Å². The zero-order valence-corrected chi connectivity index (χ0v) is 20.1. The van der Waals surface area contributed by atoms with Crippen molar-refractivity contribution in [3.8, 4) is 5.75 Å². The number of hydrogen-bond acceptors (Lipinski definition) is 8. The van der Waals surface area contributed by atoms with Crippen LogP contribution in [-0.4, -0.2) is 65.2 Å². The SMILES string of the molecule is CSCC[C@H](NC(=O)[C@H](Cc1ccc(O)cc1)NC(=O)OC(C)(C)C)C(=O)NCC(=O)NN. The first-order valence-corrected chi connectivity index (χ1v) is 11.7. The number of thioether (sulfide) groups is 1. The predicted molar refractivity (Wildman–Crippen MR) is 125 cm³/mol. The molecule has 7 N–H and O–H groups in total. The summed E-state index contributed by atoms with van der Waals surface area (Å²) in [5.74, 6) is 3.91. The molecule has 33 heavy (non-hydrogen) atoms. The summed E-state index contributed by atoms with van der Waals surface area (Å²) in [5.41, 5.74) is 1.81. The highest BCUT2D eigenvalue weighted by atomic mass is 32.2. The number of amides is 4. The van der Waals surface area contributed by atoms with Gasteiger partial charge in [-0.05, 0) is 56.9 Å². The number of phenols is 1. The molecule has 0 fully saturated rings. The van der Waals surface area contributed by atoms with E-state index in [2.05, 4.69) is 16.0 Å². The lowest BCUT2D eigenvalue weighted by Gasteiger charge is -2.25. The van der Waals surface area contributed by atoms with Crippen LogP contribution in [0.15, 0.2) is 24.3 Å². The molecular weight excluding hydrogens is 450 g/mol. The quantitative estimate of drug-likeness (QED) is 0.147. The molecule has 184 valence electrons. The van der Waals surface area contributed by atoms with Gasteiger partial charge in [0.1, 0.15) is 23.4 Å². The van der Waals surface area contributed by atoms with E-state index in [-0.39, 0.29) is 18.7 Å². The standard InChI is InChI=1S/C21H33N5O6S/c1-21(2,3)32-20(31)25-16(11-13-5-7-14(27)8-6-13)19(30)24-15(9-10-33-4)18(29)23-12-17(28)26-22/h5-8,15-16,27H,9-12,22H2,1-4H3,(H,23,29)(H,24,30)(H,25,31)(H,26,28)/t15-,16-/m0/s1. The van der Waals surface area contributed by atoms with Gasteiger partial charge < -0.3 is 25.8 Å². The molecule has 0 aliphatic rings. The highest BCUT2D eigenvalue weighted by Gasteiger charge is 2.28. The monoisotopic (exact) mass is 483 g/mol. The third-order valence-electron chi connectivity index (χ3n) is 4.21. The summed E-state index contributed by atoms with van der Waals surface area (Å²) in [7, 11) is 0. The van der Waals surface area contributed by atoms with Crippen LogP contribution < -0.4 is 27.2 Å². The van der Waals surface area contributed by atoms with E-state index in [1.807, 2.05) is 11.7 Å². The first kappa shape index (κ1) is 28.0. The molecular formula is C21H33N5O6S. The van der Waals surface area contributed by atoms with Crippen LogP contribution in [0.5, 0.6) is 5.75 Å². The molecule has 2 atom stereocenters. The molecule has 1 rings (SSSR count). The fourth-order valence-electron chi connectivity index (χ4n) is 2.65. The number of hydrazine groups is 1. The molecule has 1 aromatic rings. The average Bonchev–Trinajstić information content (AvgIpc) is 2.74. The minimum absolute atomic E-state index is 0.0650. The fourth-order valence-corrected chi connectivity index (χ4v) is 3.12. The average molecular weight is 484 g/mol. The highest BCUT2D eigenvalue weighted by molar-refractivity contribution is 7.98. The van der Waals surface area contributed by atoms with Gasteiger partial charge in [-0.15, -0.1) is 0 Å². The number of aromatic hydroxyl groups is 1. The minimum atomic E-state index is -1.05. The Morgan fingerprint density at radius 3 is 2.24 bits per heavy atom. The van der Waals surface area contributed by atoms with E-state index < -0.39 is 41.5 Å². The van der Waals surface area contributed by atoms with Crippen molar-refractivity contribution in [2.75, 3.05) is 18.6 Å². The van der Waals surface area contributed by atoms with Crippen molar-refractivity contribution in [2.45, 2.75) is 51.3 Å². The van der Waals surface area contributed by atoms with Crippen LogP contribution in [0.1, 0.15) is 32.8 Å². The van der Waals surface area contributed by atoms with Gasteiger partial charge in [0.25, 0.3) is 5.91 Å². The summed E-state index contributed by atoms with van der Waals surface area (Å²) in [6.07, 6.45) is 1.47. The van der Waals surface area contributed by atoms with Gasteiger partial charge in [-0.2, -0.15) is 11.8 Å². The number of alkyl carbamates (subject to hydrolysis) is 1. The molecule has 0 aliphatic carbocycles. The fraction of sp³-hybridized carbons (Fsp3) is 0.524. The van der Waals surface area contributed by atoms with Crippen LogP contribution in [-0.2, 0) is 25.5 Å². The molecule has 0 heterocycles. The van der Waals surface area contributed by atoms with E-state index in [0.29, 0.717) is 17.7 Å². The largest absolute Gasteiger partial charge is 0.508 e. The number of carbonyl (C=O) groups is 4. The topological polar surface area (TPSA) is 172 Å². The molecule has 4 amide bonds. The number of benzene rings is 1. The van der Waals surface area contributed by atoms with E-state index >= 15 is 0 Å². The highest BCUT2D eigenvalue weighted by Crippen LogP contribution is 2.13. The molecule has 0 radical (unpaired) electrons. The zero-order valence-electron chi connectivity index (χ0n) is 19.3. The Morgan fingerprint density at radius 1 is 1.06 bits per heavy atom. The second-order valence-electron chi connectivity index (χ2n) is 8.20. The number of phenolic OH excluding ortho intramolecular Hbond substituents is 1. The van der Waals surface area contributed by atoms with Gasteiger partial charge in [-0.1, -0.05) is 12.1 Å². The van der Waals surface area contributed by atoms with Crippen molar-refractivity contribution < 1.29 is 29.0 Å². The summed E-state index contributed by atoms with van der Waals surface area (Å²) < 4.78 is 5.26. The first-order valence-electron chi connectivity index (χ1n) is 10.3. The Balaban J connectivity index is 2.99. The molecule has 12 heteroatoms. The van der Waals surface area contributed by atoms with Gasteiger partial charge in [-0.3, -0.25) is 19.8 Å². The van der Waals surface area contributed by atoms with Crippen LogP contribution in [0.25, 0.3) is 0 Å². The number of nitrogens with two attached hydrogens (primary N) is 1. The number of carbonyl (C=O) groups excluding carboxylic acids is 4. The zero-order chi connectivity index (χ0) is 25.0. The Hall–Kier alpha value is -2.99. The van der Waals surface area contributed by atoms with Crippen LogP contribution in [0.4, 0.5) is 4.79 Å². The van der Waals surface area contributed by atoms with Gasteiger partial charge >= 0.3 is 6.09 Å². The number of rotatable bonds is 11. The van der Waals surface area contributed by atoms with E-state index in [1.165, 1.54) is 23.9 Å². The van der Waals surface area contributed by atoms with E-state index in [1.54, 1.807) is 32.9 Å². The molecule has 1 aromatic carbocycles. The van der Waals surface area contributed by atoms with Crippen molar-refractivity contribution in [2.24, 2.45) is 5.84 Å². The maximum atomic E-state index is 13.1. The molecule has 0 saturated heterocycles. The molecule has 0 aromatic heterocycles. The van der Waals surface area contributed by atoms with Gasteiger partial charge in [0.15, 0.2) is 0 Å². The number of nitrogens with one attached hydrogen (secondary N) is 4. The summed E-state index contributed by atoms with van der Waals surface area (Å²) in [5, 5.41) is 17.1. The van der Waals surface area contributed by atoms with Gasteiger partial charge in [0.05, 0.1) is 6.54 Å². The molecule has 11 nitrogen and oxygen atoms in total. The minimum Gasteiger partial charge on any atom is -0.508 e. The Labute approximate surface area is 197 Å². The van der Waals surface area contributed by atoms with Crippen molar-refractivity contribution in [3.05, 3.63) is 29.8 Å². The van der Waals surface area contributed by atoms with Gasteiger partial charge in [0.2, 0.25) is 11.8 Å². The van der Waals surface area contributed by atoms with E-state index in [9.17, 15) is 24.3 Å². The van der Waals surface area contributed by atoms with Crippen molar-refractivity contribution in [1.29, 1.82) is 0 Å². The number of hydrogen-bond donors (Lipinski definition) is 6. The van der Waals surface area contributed by atoms with E-state index in [4.69, 9.17) is 10.6 Å². The molecule has 0 spiro atoms. The normalized spacial score (nSPS) is 12.8. The lowest BCUT2D eigenvalue weighted by Crippen LogP contribution is -2.55. The summed E-state index contributed by atoms with van der Waals surface area (Å²) in [4.78, 5) is 49.3. The van der Waals surface area contributed by atoms with Crippen LogP contribution in [0.3, 0.4) is 0 Å². The molecule has 0 aliphatic heterocycles. The summed E-state index contributed by atoms with van der Waals surface area (Å²) in [6, 6.07) is 4.19. The predicted octanol–water partition coefficient (Wildman–Crippen LogP) is 0.172. The van der Waals surface area contributed by atoms with E-state index in [0.717, 1.165) is 0 Å². The lowest BCUT2D eigenvalue weighted by atomic mass is 10.0. The summed E-state index contributed by atoms with van der Waals surface area (Å²) >= 11 is 1.49. The molecule has 0 bridgehead atoms. The smallest absolute Gasteiger partial charge is 0.408 e. The van der Waals surface area contributed by atoms with Crippen molar-refractivity contribution >= 4 is 35.6 Å². The van der Waals surface area contributed by atoms with Crippen molar-refractivity contribution in [3.63, 3.8) is 0 Å². The van der Waals surface area contributed by atoms with Crippen LogP contribution in [0.2, 0.25) is 0 Å². The second-order valence-corrected chi connectivity index (χ2v) is 9.18. The Kier molecular flexibility index (Phi) is 11.5. The lowest BCUT2D eigenvalue weighted by molar-refractivity contribution is -0.131. The van der Waals surface area contributed by atoms with Gasteiger partial charge in [-0.25, -0.2) is 10.6 Å². The number of ether oxygens (including phenoxy) is 1. The third-order valence-corrected chi connectivity index (χ3v) is 4.86. The Bertz CT molecular complexity index is 812. The Morgan fingerprint density at radius 2 is 1.70 bits per heavy atom. The second kappa shape index (κ2) is 13.5. The first-order chi connectivity index (χ1) is 15.4.